The van der Waals surface area contributed by atoms with E-state index in [1.54, 1.807) is 25.1 Å². The summed E-state index contributed by atoms with van der Waals surface area (Å²) in [4.78, 5) is 0.0298. The van der Waals surface area contributed by atoms with Crippen molar-refractivity contribution in [2.24, 2.45) is 0 Å². The zero-order valence-electron chi connectivity index (χ0n) is 14.1. The fourth-order valence-electron chi connectivity index (χ4n) is 2.08. The molecule has 7 nitrogen and oxygen atoms in total. The number of nitrogens with one attached hydrogen (secondary N) is 2. The molecular weight excluding hydrogens is 364 g/mol. The Morgan fingerprint density at radius 1 is 0.920 bits per heavy atom. The van der Waals surface area contributed by atoms with Gasteiger partial charge in [-0.3, -0.25) is 4.72 Å². The highest BCUT2D eigenvalue weighted by atomic mass is 32.2. The average Bonchev–Trinajstić information content (AvgIpc) is 2.57. The van der Waals surface area contributed by atoms with Crippen molar-refractivity contribution >= 4 is 25.7 Å². The number of hydrogen-bond donors (Lipinski definition) is 2. The van der Waals surface area contributed by atoms with Crippen molar-refractivity contribution in [3.8, 4) is 5.75 Å². The zero-order valence-corrected chi connectivity index (χ0v) is 15.7. The van der Waals surface area contributed by atoms with Crippen molar-refractivity contribution < 1.29 is 21.6 Å². The molecule has 0 unspecified atom stereocenters. The number of sulfonamides is 2. The maximum absolute atomic E-state index is 12.5. The van der Waals surface area contributed by atoms with Crippen molar-refractivity contribution in [3.63, 3.8) is 0 Å². The van der Waals surface area contributed by atoms with E-state index in [1.807, 2.05) is 6.92 Å². The van der Waals surface area contributed by atoms with Gasteiger partial charge in [-0.15, -0.1) is 0 Å². The summed E-state index contributed by atoms with van der Waals surface area (Å²) in [5.41, 5.74) is 0.801. The summed E-state index contributed by atoms with van der Waals surface area (Å²) in [6.07, 6.45) is 0. The molecule has 0 aliphatic carbocycles. The molecule has 0 spiro atoms. The molecule has 0 saturated carbocycles. The minimum Gasteiger partial charge on any atom is -0.494 e. The van der Waals surface area contributed by atoms with Gasteiger partial charge in [-0.2, -0.15) is 0 Å². The normalized spacial score (nSPS) is 12.0. The van der Waals surface area contributed by atoms with Gasteiger partial charge in [-0.1, -0.05) is 6.07 Å². The van der Waals surface area contributed by atoms with Crippen LogP contribution >= 0.6 is 0 Å². The summed E-state index contributed by atoms with van der Waals surface area (Å²) in [6, 6.07) is 10.2. The highest BCUT2D eigenvalue weighted by Gasteiger charge is 2.18. The van der Waals surface area contributed by atoms with Gasteiger partial charge in [0.15, 0.2) is 0 Å². The number of aryl methyl sites for hydroxylation is 1. The van der Waals surface area contributed by atoms with E-state index in [0.717, 1.165) is 0 Å². The Labute approximate surface area is 148 Å². The Morgan fingerprint density at radius 3 is 2.08 bits per heavy atom. The first-order valence-corrected chi connectivity index (χ1v) is 10.5. The summed E-state index contributed by atoms with van der Waals surface area (Å²) in [5, 5.41) is 0. The zero-order chi connectivity index (χ0) is 18.7. The molecule has 0 aromatic heterocycles. The van der Waals surface area contributed by atoms with Crippen molar-refractivity contribution in [1.82, 2.24) is 4.72 Å². The van der Waals surface area contributed by atoms with E-state index < -0.39 is 20.0 Å². The number of benzene rings is 2. The number of anilines is 1. The summed E-state index contributed by atoms with van der Waals surface area (Å²) in [7, 11) is -6.24. The van der Waals surface area contributed by atoms with Crippen LogP contribution in [0.5, 0.6) is 5.75 Å². The van der Waals surface area contributed by atoms with Crippen molar-refractivity contribution in [1.29, 1.82) is 0 Å². The Kier molecular flexibility index (Phi) is 5.71. The molecule has 2 rings (SSSR count). The second-order valence-corrected chi connectivity index (χ2v) is 8.76. The van der Waals surface area contributed by atoms with Crippen LogP contribution in [0.3, 0.4) is 0 Å². The first-order valence-electron chi connectivity index (χ1n) is 7.49. The van der Waals surface area contributed by atoms with E-state index in [0.29, 0.717) is 17.9 Å². The first kappa shape index (κ1) is 19.2. The van der Waals surface area contributed by atoms with Gasteiger partial charge < -0.3 is 4.74 Å². The average molecular weight is 384 g/mol. The molecule has 0 heterocycles. The lowest BCUT2D eigenvalue weighted by atomic mass is 10.2. The van der Waals surface area contributed by atoms with Crippen molar-refractivity contribution in [3.05, 3.63) is 48.0 Å². The van der Waals surface area contributed by atoms with Gasteiger partial charge in [0, 0.05) is 0 Å². The van der Waals surface area contributed by atoms with Crippen LogP contribution in [0.4, 0.5) is 5.69 Å². The summed E-state index contributed by atoms with van der Waals surface area (Å²) < 4.78 is 58.8. The Bertz CT molecular complexity index is 953. The maximum atomic E-state index is 12.5. The van der Waals surface area contributed by atoms with Crippen LogP contribution in [0.2, 0.25) is 0 Å². The number of hydrogen-bond acceptors (Lipinski definition) is 5. The quantitative estimate of drug-likeness (QED) is 0.761. The Morgan fingerprint density at radius 2 is 1.52 bits per heavy atom. The van der Waals surface area contributed by atoms with E-state index in [1.165, 1.54) is 31.3 Å². The van der Waals surface area contributed by atoms with E-state index in [-0.39, 0.29) is 15.5 Å². The van der Waals surface area contributed by atoms with Gasteiger partial charge in [0.25, 0.3) is 10.0 Å². The van der Waals surface area contributed by atoms with Crippen molar-refractivity contribution in [2.45, 2.75) is 23.6 Å². The molecule has 9 heteroatoms. The highest BCUT2D eigenvalue weighted by Crippen LogP contribution is 2.24. The lowest BCUT2D eigenvalue weighted by molar-refractivity contribution is 0.340. The molecule has 0 aliphatic rings. The smallest absolute Gasteiger partial charge is 0.261 e. The SMILES string of the molecule is CCOc1ccc(S(=O)(=O)Nc2cc(S(=O)(=O)NC)ccc2C)cc1. The van der Waals surface area contributed by atoms with Gasteiger partial charge in [0.05, 0.1) is 22.1 Å². The maximum Gasteiger partial charge on any atom is 0.261 e. The van der Waals surface area contributed by atoms with Crippen LogP contribution in [-0.2, 0) is 20.0 Å². The molecule has 0 saturated heterocycles. The molecule has 0 atom stereocenters. The Balaban J connectivity index is 2.35. The lowest BCUT2D eigenvalue weighted by Crippen LogP contribution is -2.19. The standard InChI is InChI=1S/C16H20N2O5S2/c1-4-23-13-6-9-14(10-7-13)25(21,22)18-16-11-15(8-5-12(16)2)24(19,20)17-3/h5-11,17-18H,4H2,1-3H3. The van der Waals surface area contributed by atoms with E-state index in [9.17, 15) is 16.8 Å². The van der Waals surface area contributed by atoms with Gasteiger partial charge in [0.2, 0.25) is 10.0 Å². The van der Waals surface area contributed by atoms with Gasteiger partial charge in [-0.05, 0) is 62.9 Å². The van der Waals surface area contributed by atoms with Crippen LogP contribution in [0.1, 0.15) is 12.5 Å². The molecule has 25 heavy (non-hydrogen) atoms. The summed E-state index contributed by atoms with van der Waals surface area (Å²) >= 11 is 0. The topological polar surface area (TPSA) is 102 Å². The van der Waals surface area contributed by atoms with Crippen LogP contribution < -0.4 is 14.2 Å². The molecule has 0 radical (unpaired) electrons. The van der Waals surface area contributed by atoms with Crippen LogP contribution in [0.25, 0.3) is 0 Å². The second-order valence-electron chi connectivity index (χ2n) is 5.19. The summed E-state index contributed by atoms with van der Waals surface area (Å²) in [6.45, 7) is 4.00. The molecule has 0 amide bonds. The predicted molar refractivity (Wildman–Crippen MR) is 95.8 cm³/mol. The molecule has 2 aromatic rings. The fraction of sp³-hybridized carbons (Fsp3) is 0.250. The molecule has 0 fully saturated rings. The van der Waals surface area contributed by atoms with Crippen LogP contribution in [0, 0.1) is 6.92 Å². The fourth-order valence-corrected chi connectivity index (χ4v) is 3.96. The van der Waals surface area contributed by atoms with Gasteiger partial charge in [0.1, 0.15) is 5.75 Å². The molecular formula is C16H20N2O5S2. The predicted octanol–water partition coefficient (Wildman–Crippen LogP) is 2.10. The van der Waals surface area contributed by atoms with E-state index in [2.05, 4.69) is 9.44 Å². The minimum atomic E-state index is -3.86. The van der Waals surface area contributed by atoms with Crippen LogP contribution in [-0.4, -0.2) is 30.5 Å². The Hall–Kier alpha value is -2.10. The minimum absolute atomic E-state index is 0.0232. The third-order valence-corrected chi connectivity index (χ3v) is 6.27. The number of rotatable bonds is 7. The van der Waals surface area contributed by atoms with Crippen molar-refractivity contribution in [2.75, 3.05) is 18.4 Å². The monoisotopic (exact) mass is 384 g/mol. The molecule has 136 valence electrons. The molecule has 2 aromatic carbocycles. The molecule has 0 bridgehead atoms. The summed E-state index contributed by atoms with van der Waals surface area (Å²) in [5.74, 6) is 0.569. The third-order valence-electron chi connectivity index (χ3n) is 3.48. The van der Waals surface area contributed by atoms with Gasteiger partial charge >= 0.3 is 0 Å². The van der Waals surface area contributed by atoms with Crippen LogP contribution in [0.15, 0.2) is 52.3 Å². The first-order chi connectivity index (χ1) is 11.7. The third kappa shape index (κ3) is 4.50. The van der Waals surface area contributed by atoms with E-state index >= 15 is 0 Å². The lowest BCUT2D eigenvalue weighted by Gasteiger charge is -2.13. The van der Waals surface area contributed by atoms with Gasteiger partial charge in [-0.25, -0.2) is 21.6 Å². The largest absolute Gasteiger partial charge is 0.494 e. The van der Waals surface area contributed by atoms with E-state index in [4.69, 9.17) is 4.74 Å². The highest BCUT2D eigenvalue weighted by molar-refractivity contribution is 7.92. The molecule has 2 N–H and O–H groups in total. The number of ether oxygens (including phenoxy) is 1. The second kappa shape index (κ2) is 7.42. The molecule has 0 aliphatic heterocycles.